The maximum Gasteiger partial charge on any atom is 0.274 e. The lowest BCUT2D eigenvalue weighted by Crippen LogP contribution is -2.50. The smallest absolute Gasteiger partial charge is 0.274 e. The van der Waals surface area contributed by atoms with Gasteiger partial charge in [-0.3, -0.25) is 4.79 Å². The highest BCUT2D eigenvalue weighted by molar-refractivity contribution is 6.30. The molecule has 142 valence electrons. The lowest BCUT2D eigenvalue weighted by Gasteiger charge is -2.39. The van der Waals surface area contributed by atoms with Crippen LogP contribution in [0.25, 0.3) is 0 Å². The predicted octanol–water partition coefficient (Wildman–Crippen LogP) is 3.11. The van der Waals surface area contributed by atoms with Crippen LogP contribution in [0.5, 0.6) is 5.75 Å². The second kappa shape index (κ2) is 7.40. The van der Waals surface area contributed by atoms with Crippen LogP contribution in [0, 0.1) is 5.82 Å². The number of hydrogen-bond donors (Lipinski definition) is 0. The number of hydrogen-bond acceptors (Lipinski definition) is 5. The van der Waals surface area contributed by atoms with Crippen LogP contribution in [0.3, 0.4) is 0 Å². The van der Waals surface area contributed by atoms with Crippen LogP contribution in [0.1, 0.15) is 29.8 Å². The zero-order valence-corrected chi connectivity index (χ0v) is 15.4. The fourth-order valence-corrected chi connectivity index (χ4v) is 3.92. The van der Waals surface area contributed by atoms with Gasteiger partial charge in [-0.05, 0) is 37.1 Å². The first kappa shape index (κ1) is 18.1. The van der Waals surface area contributed by atoms with Crippen LogP contribution in [0.4, 0.5) is 4.39 Å². The van der Waals surface area contributed by atoms with E-state index in [4.69, 9.17) is 21.1 Å². The molecular formula is C19H19ClFN3O3. The number of ether oxygens (including phenoxy) is 2. The number of carbonyl (C=O) groups is 1. The zero-order chi connectivity index (χ0) is 18.9. The number of benzene rings is 1. The fraction of sp³-hybridized carbons (Fsp3) is 0.421. The van der Waals surface area contributed by atoms with Crippen LogP contribution in [-0.2, 0) is 4.74 Å². The summed E-state index contributed by atoms with van der Waals surface area (Å²) in [6.07, 6.45) is 3.74. The normalized spacial score (nSPS) is 25.0. The van der Waals surface area contributed by atoms with Crippen molar-refractivity contribution in [3.8, 4) is 5.75 Å². The fourth-order valence-electron chi connectivity index (χ4n) is 3.75. The Hall–Kier alpha value is -2.25. The molecule has 2 aromatic rings. The van der Waals surface area contributed by atoms with Crippen LogP contribution in [0.15, 0.2) is 36.5 Å². The highest BCUT2D eigenvalue weighted by Gasteiger charge is 2.45. The molecule has 3 heterocycles. The van der Waals surface area contributed by atoms with Crippen molar-refractivity contribution in [3.05, 3.63) is 53.1 Å². The maximum atomic E-state index is 13.3. The summed E-state index contributed by atoms with van der Waals surface area (Å²) in [5.41, 5.74) is -0.0914. The molecule has 6 nitrogen and oxygen atoms in total. The SMILES string of the molecule is O=C(c1cccnn1)N1CCC[C@]2(C[C@@H](Oc3ccc(F)c(Cl)c3)CO2)C1. The first-order valence-electron chi connectivity index (χ1n) is 8.87. The third-order valence-electron chi connectivity index (χ3n) is 4.99. The van der Waals surface area contributed by atoms with E-state index in [1.165, 1.54) is 18.3 Å². The molecule has 8 heteroatoms. The molecule has 0 aliphatic carbocycles. The summed E-state index contributed by atoms with van der Waals surface area (Å²) >= 11 is 5.81. The summed E-state index contributed by atoms with van der Waals surface area (Å²) in [6, 6.07) is 7.66. The number of halogens is 2. The Labute approximate surface area is 161 Å². The minimum Gasteiger partial charge on any atom is -0.488 e. The van der Waals surface area contributed by atoms with Crippen LogP contribution in [-0.4, -0.2) is 52.4 Å². The number of likely N-dealkylation sites (tertiary alicyclic amines) is 1. The van der Waals surface area contributed by atoms with Crippen molar-refractivity contribution in [1.29, 1.82) is 0 Å². The number of aromatic nitrogens is 2. The van der Waals surface area contributed by atoms with Gasteiger partial charge in [0.05, 0.1) is 23.8 Å². The van der Waals surface area contributed by atoms with Crippen molar-refractivity contribution >= 4 is 17.5 Å². The lowest BCUT2D eigenvalue weighted by molar-refractivity contribution is -0.0454. The van der Waals surface area contributed by atoms with E-state index in [1.807, 2.05) is 0 Å². The molecule has 1 amide bonds. The summed E-state index contributed by atoms with van der Waals surface area (Å²) in [5, 5.41) is 7.71. The topological polar surface area (TPSA) is 64.6 Å². The maximum absolute atomic E-state index is 13.3. The molecule has 2 atom stereocenters. The molecule has 0 bridgehead atoms. The molecular weight excluding hydrogens is 373 g/mol. The highest BCUT2D eigenvalue weighted by Crippen LogP contribution is 2.37. The standard InChI is InChI=1S/C19H19ClFN3O3/c20-15-9-13(4-5-16(15)21)27-14-10-19(26-11-14)6-2-8-24(12-19)18(25)17-3-1-7-22-23-17/h1,3-5,7,9,14H,2,6,8,10-12H2/t14-,19+/m1/s1. The van der Waals surface area contributed by atoms with Gasteiger partial charge in [-0.1, -0.05) is 11.6 Å². The van der Waals surface area contributed by atoms with Crippen molar-refractivity contribution in [3.63, 3.8) is 0 Å². The molecule has 0 unspecified atom stereocenters. The first-order chi connectivity index (χ1) is 13.0. The average molecular weight is 392 g/mol. The van der Waals surface area contributed by atoms with Crippen LogP contribution >= 0.6 is 11.6 Å². The zero-order valence-electron chi connectivity index (χ0n) is 14.6. The summed E-state index contributed by atoms with van der Waals surface area (Å²) < 4.78 is 25.3. The molecule has 2 saturated heterocycles. The van der Waals surface area contributed by atoms with Gasteiger partial charge in [0.15, 0.2) is 5.69 Å². The van der Waals surface area contributed by atoms with E-state index in [1.54, 1.807) is 23.1 Å². The second-order valence-corrected chi connectivity index (χ2v) is 7.36. The summed E-state index contributed by atoms with van der Waals surface area (Å²) in [4.78, 5) is 14.4. The molecule has 0 saturated carbocycles. The van der Waals surface area contributed by atoms with E-state index in [2.05, 4.69) is 10.2 Å². The Kier molecular flexibility index (Phi) is 4.97. The molecule has 4 rings (SSSR count). The largest absolute Gasteiger partial charge is 0.488 e. The number of carbonyl (C=O) groups excluding carboxylic acids is 1. The van der Waals surface area contributed by atoms with Crippen molar-refractivity contribution < 1.29 is 18.7 Å². The van der Waals surface area contributed by atoms with Crippen LogP contribution in [0.2, 0.25) is 5.02 Å². The minimum absolute atomic E-state index is 0.0273. The summed E-state index contributed by atoms with van der Waals surface area (Å²) in [7, 11) is 0. The van der Waals surface area contributed by atoms with Gasteiger partial charge in [0.1, 0.15) is 17.7 Å². The minimum atomic E-state index is -0.478. The van der Waals surface area contributed by atoms with Crippen molar-refractivity contribution in [1.82, 2.24) is 15.1 Å². The van der Waals surface area contributed by atoms with E-state index in [0.717, 1.165) is 12.8 Å². The van der Waals surface area contributed by atoms with Crippen molar-refractivity contribution in [2.75, 3.05) is 19.7 Å². The van der Waals surface area contributed by atoms with Gasteiger partial charge < -0.3 is 14.4 Å². The van der Waals surface area contributed by atoms with Gasteiger partial charge >= 0.3 is 0 Å². The highest BCUT2D eigenvalue weighted by atomic mass is 35.5. The molecule has 1 aromatic carbocycles. The number of piperidine rings is 1. The van der Waals surface area contributed by atoms with Gasteiger partial charge in [-0.15, -0.1) is 5.10 Å². The van der Waals surface area contributed by atoms with Gasteiger partial charge in [-0.2, -0.15) is 5.10 Å². The number of nitrogens with zero attached hydrogens (tertiary/aromatic N) is 3. The molecule has 2 aliphatic heterocycles. The van der Waals surface area contributed by atoms with E-state index >= 15 is 0 Å². The average Bonchev–Trinajstić information content (AvgIpc) is 3.06. The van der Waals surface area contributed by atoms with Gasteiger partial charge in [-0.25, -0.2) is 4.39 Å². The Bertz CT molecular complexity index is 838. The van der Waals surface area contributed by atoms with Gasteiger partial charge in [0.2, 0.25) is 0 Å². The monoisotopic (exact) mass is 391 g/mol. The van der Waals surface area contributed by atoms with E-state index in [0.29, 0.717) is 37.6 Å². The molecule has 0 radical (unpaired) electrons. The van der Waals surface area contributed by atoms with Gasteiger partial charge in [0, 0.05) is 25.2 Å². The Morgan fingerprint density at radius 3 is 3.07 bits per heavy atom. The molecule has 0 N–H and O–H groups in total. The Morgan fingerprint density at radius 1 is 1.41 bits per heavy atom. The molecule has 2 fully saturated rings. The Morgan fingerprint density at radius 2 is 2.30 bits per heavy atom. The van der Waals surface area contributed by atoms with Crippen LogP contribution < -0.4 is 4.74 Å². The van der Waals surface area contributed by atoms with Crippen molar-refractivity contribution in [2.45, 2.75) is 31.0 Å². The third-order valence-corrected chi connectivity index (χ3v) is 5.28. The molecule has 1 spiro atoms. The van der Waals surface area contributed by atoms with Crippen molar-refractivity contribution in [2.24, 2.45) is 0 Å². The lowest BCUT2D eigenvalue weighted by atomic mass is 9.89. The van der Waals surface area contributed by atoms with Gasteiger partial charge in [0.25, 0.3) is 5.91 Å². The quantitative estimate of drug-likeness (QED) is 0.804. The number of rotatable bonds is 3. The predicted molar refractivity (Wildman–Crippen MR) is 96.3 cm³/mol. The summed E-state index contributed by atoms with van der Waals surface area (Å²) in [5.74, 6) is -0.107. The molecule has 27 heavy (non-hydrogen) atoms. The number of amides is 1. The Balaban J connectivity index is 1.41. The first-order valence-corrected chi connectivity index (χ1v) is 9.25. The summed E-state index contributed by atoms with van der Waals surface area (Å²) in [6.45, 7) is 1.58. The molecule has 1 aromatic heterocycles. The molecule has 2 aliphatic rings. The third kappa shape index (κ3) is 3.89. The second-order valence-electron chi connectivity index (χ2n) is 6.95. The van der Waals surface area contributed by atoms with E-state index in [-0.39, 0.29) is 17.0 Å². The van der Waals surface area contributed by atoms with E-state index < -0.39 is 11.4 Å². The van der Waals surface area contributed by atoms with E-state index in [9.17, 15) is 9.18 Å².